The summed E-state index contributed by atoms with van der Waals surface area (Å²) in [7, 11) is 1.62. The van der Waals surface area contributed by atoms with Crippen molar-refractivity contribution < 1.29 is 23.9 Å². The molecule has 0 unspecified atom stereocenters. The first-order valence-electron chi connectivity index (χ1n) is 10.1. The Hall–Kier alpha value is -1.83. The Balaban J connectivity index is 3.12. The average molecular weight is 414 g/mol. The molecular weight excluding hydrogens is 374 g/mol. The molecule has 1 saturated heterocycles. The molecule has 0 saturated carbocycles. The number of hydrogen-bond donors (Lipinski definition) is 1. The highest BCUT2D eigenvalue weighted by atomic mass is 16.6. The normalized spacial score (nSPS) is 21.6. The van der Waals surface area contributed by atoms with Gasteiger partial charge in [-0.05, 0) is 47.0 Å². The SMILES string of the molecule is CN(C(=O)[C@@H](N)C(C)(C)C)[C@H]1CN(C(=O)OC(C)(C)C)C[C@H]1C(=O)OC(C)(C)C. The lowest BCUT2D eigenvalue weighted by Crippen LogP contribution is -2.54. The molecule has 1 aliphatic heterocycles. The predicted molar refractivity (Wildman–Crippen MR) is 111 cm³/mol. The minimum Gasteiger partial charge on any atom is -0.460 e. The van der Waals surface area contributed by atoms with E-state index in [0.717, 1.165) is 0 Å². The van der Waals surface area contributed by atoms with Crippen LogP contribution in [0.1, 0.15) is 62.3 Å². The molecule has 8 nitrogen and oxygen atoms in total. The maximum atomic E-state index is 12.9. The second kappa shape index (κ2) is 8.50. The molecule has 2 amide bonds. The van der Waals surface area contributed by atoms with Gasteiger partial charge in [-0.3, -0.25) is 9.59 Å². The van der Waals surface area contributed by atoms with Gasteiger partial charge in [0, 0.05) is 20.1 Å². The molecule has 2 N–H and O–H groups in total. The number of ether oxygens (including phenoxy) is 2. The van der Waals surface area contributed by atoms with Crippen LogP contribution in [0.3, 0.4) is 0 Å². The Morgan fingerprint density at radius 3 is 1.83 bits per heavy atom. The maximum Gasteiger partial charge on any atom is 0.410 e. The van der Waals surface area contributed by atoms with E-state index in [1.54, 1.807) is 48.6 Å². The van der Waals surface area contributed by atoms with Gasteiger partial charge >= 0.3 is 12.1 Å². The Morgan fingerprint density at radius 2 is 1.41 bits per heavy atom. The van der Waals surface area contributed by atoms with E-state index in [4.69, 9.17) is 15.2 Å². The summed E-state index contributed by atoms with van der Waals surface area (Å²) < 4.78 is 11.0. The van der Waals surface area contributed by atoms with Crippen molar-refractivity contribution in [2.45, 2.75) is 85.6 Å². The molecule has 168 valence electrons. The highest BCUT2D eigenvalue weighted by molar-refractivity contribution is 5.84. The second-order valence-corrected chi connectivity index (χ2v) is 10.9. The quantitative estimate of drug-likeness (QED) is 0.713. The van der Waals surface area contributed by atoms with E-state index >= 15 is 0 Å². The molecule has 8 heteroatoms. The second-order valence-electron chi connectivity index (χ2n) is 10.9. The molecule has 3 atom stereocenters. The van der Waals surface area contributed by atoms with E-state index in [1.807, 2.05) is 20.8 Å². The lowest BCUT2D eigenvalue weighted by molar-refractivity contribution is -0.161. The Kier molecular flexibility index (Phi) is 7.39. The van der Waals surface area contributed by atoms with Gasteiger partial charge in [-0.1, -0.05) is 20.8 Å². The summed E-state index contributed by atoms with van der Waals surface area (Å²) in [5.41, 5.74) is 4.38. The summed E-state index contributed by atoms with van der Waals surface area (Å²) in [5.74, 6) is -1.40. The van der Waals surface area contributed by atoms with Crippen molar-refractivity contribution in [3.05, 3.63) is 0 Å². The third kappa shape index (κ3) is 7.17. The van der Waals surface area contributed by atoms with Crippen LogP contribution in [0.2, 0.25) is 0 Å². The molecule has 0 aliphatic carbocycles. The number of nitrogens with two attached hydrogens (primary N) is 1. The number of amides is 2. The van der Waals surface area contributed by atoms with Gasteiger partial charge in [-0.2, -0.15) is 0 Å². The topological polar surface area (TPSA) is 102 Å². The Morgan fingerprint density at radius 1 is 0.931 bits per heavy atom. The van der Waals surface area contributed by atoms with Crippen LogP contribution in [0, 0.1) is 11.3 Å². The third-order valence-electron chi connectivity index (χ3n) is 4.69. The number of carbonyl (C=O) groups excluding carboxylic acids is 3. The van der Waals surface area contributed by atoms with E-state index in [2.05, 4.69) is 0 Å². The lowest BCUT2D eigenvalue weighted by Gasteiger charge is -2.35. The molecule has 0 radical (unpaired) electrons. The molecule has 1 aliphatic rings. The number of likely N-dealkylation sites (tertiary alicyclic amines) is 1. The number of hydrogen-bond acceptors (Lipinski definition) is 6. The number of carbonyl (C=O) groups is 3. The van der Waals surface area contributed by atoms with Crippen molar-refractivity contribution in [2.24, 2.45) is 17.1 Å². The molecule has 0 aromatic heterocycles. The number of nitrogens with zero attached hydrogens (tertiary/aromatic N) is 2. The highest BCUT2D eigenvalue weighted by Crippen LogP contribution is 2.28. The largest absolute Gasteiger partial charge is 0.460 e. The molecule has 0 aromatic carbocycles. The lowest BCUT2D eigenvalue weighted by atomic mass is 9.86. The van der Waals surface area contributed by atoms with Crippen molar-refractivity contribution in [1.29, 1.82) is 0 Å². The summed E-state index contributed by atoms with van der Waals surface area (Å²) in [6.07, 6.45) is -0.519. The molecule has 1 heterocycles. The smallest absolute Gasteiger partial charge is 0.410 e. The minimum atomic E-state index is -0.734. The molecule has 1 rings (SSSR count). The fraction of sp³-hybridized carbons (Fsp3) is 0.857. The van der Waals surface area contributed by atoms with Gasteiger partial charge in [0.25, 0.3) is 0 Å². The minimum absolute atomic E-state index is 0.122. The van der Waals surface area contributed by atoms with Crippen molar-refractivity contribution in [1.82, 2.24) is 9.80 Å². The zero-order valence-electron chi connectivity index (χ0n) is 19.7. The van der Waals surface area contributed by atoms with Crippen molar-refractivity contribution in [3.63, 3.8) is 0 Å². The summed E-state index contributed by atoms with van der Waals surface area (Å²) >= 11 is 0. The van der Waals surface area contributed by atoms with Gasteiger partial charge < -0.3 is 25.0 Å². The van der Waals surface area contributed by atoms with E-state index in [-0.39, 0.29) is 19.0 Å². The molecular formula is C21H39N3O5. The summed E-state index contributed by atoms with van der Waals surface area (Å²) in [4.78, 5) is 41.3. The van der Waals surface area contributed by atoms with Crippen molar-refractivity contribution in [3.8, 4) is 0 Å². The summed E-state index contributed by atoms with van der Waals surface area (Å²) in [6, 6.07) is -1.28. The van der Waals surface area contributed by atoms with Crippen molar-refractivity contribution in [2.75, 3.05) is 20.1 Å². The van der Waals surface area contributed by atoms with Gasteiger partial charge in [-0.25, -0.2) is 4.79 Å². The van der Waals surface area contributed by atoms with Gasteiger partial charge in [0.1, 0.15) is 11.2 Å². The maximum absolute atomic E-state index is 12.9. The molecule has 0 aromatic rings. The Labute approximate surface area is 175 Å². The molecule has 0 bridgehead atoms. The van der Waals surface area contributed by atoms with Gasteiger partial charge in [0.15, 0.2) is 0 Å². The van der Waals surface area contributed by atoms with E-state index < -0.39 is 46.7 Å². The van der Waals surface area contributed by atoms with Crippen LogP contribution in [-0.2, 0) is 19.1 Å². The monoisotopic (exact) mass is 413 g/mol. The Bertz CT molecular complexity index is 628. The summed E-state index contributed by atoms with van der Waals surface area (Å²) in [5, 5.41) is 0. The zero-order valence-corrected chi connectivity index (χ0v) is 19.7. The summed E-state index contributed by atoms with van der Waals surface area (Å²) in [6.45, 7) is 16.6. The standard InChI is InChI=1S/C21H39N3O5/c1-19(2,3)15(22)16(25)23(10)14-12-24(18(27)29-21(7,8)9)11-13(14)17(26)28-20(4,5)6/h13-15H,11-12,22H2,1-10H3/t13-,14+,15-/m1/s1. The van der Waals surface area contributed by atoms with Crippen LogP contribution in [0.25, 0.3) is 0 Å². The van der Waals surface area contributed by atoms with Crippen LogP contribution >= 0.6 is 0 Å². The van der Waals surface area contributed by atoms with E-state index in [1.165, 1.54) is 9.80 Å². The van der Waals surface area contributed by atoms with Crippen LogP contribution in [0.15, 0.2) is 0 Å². The fourth-order valence-corrected chi connectivity index (χ4v) is 3.02. The van der Waals surface area contributed by atoms with Crippen LogP contribution in [-0.4, -0.2) is 71.2 Å². The first-order valence-corrected chi connectivity index (χ1v) is 10.1. The fourth-order valence-electron chi connectivity index (χ4n) is 3.02. The van der Waals surface area contributed by atoms with Gasteiger partial charge in [-0.15, -0.1) is 0 Å². The van der Waals surface area contributed by atoms with Crippen LogP contribution < -0.4 is 5.73 Å². The van der Waals surface area contributed by atoms with Crippen LogP contribution in [0.4, 0.5) is 4.79 Å². The van der Waals surface area contributed by atoms with E-state index in [9.17, 15) is 14.4 Å². The third-order valence-corrected chi connectivity index (χ3v) is 4.69. The number of rotatable bonds is 3. The first kappa shape index (κ1) is 25.2. The highest BCUT2D eigenvalue weighted by Gasteiger charge is 2.47. The van der Waals surface area contributed by atoms with Gasteiger partial charge in [0.2, 0.25) is 5.91 Å². The molecule has 29 heavy (non-hydrogen) atoms. The van der Waals surface area contributed by atoms with Crippen LogP contribution in [0.5, 0.6) is 0 Å². The average Bonchev–Trinajstić information content (AvgIpc) is 2.94. The van der Waals surface area contributed by atoms with Crippen molar-refractivity contribution >= 4 is 18.0 Å². The molecule has 1 fully saturated rings. The first-order chi connectivity index (χ1) is 12.8. The number of likely N-dealkylation sites (N-methyl/N-ethyl adjacent to an activating group) is 1. The zero-order chi connectivity index (χ0) is 22.9. The van der Waals surface area contributed by atoms with E-state index in [0.29, 0.717) is 0 Å². The predicted octanol–water partition coefficient (Wildman–Crippen LogP) is 2.40. The van der Waals surface area contributed by atoms with Gasteiger partial charge in [0.05, 0.1) is 18.0 Å². The molecule has 0 spiro atoms. The number of esters is 1.